The average Bonchev–Trinajstić information content (AvgIpc) is 2.80. The number of fused-ring (bicyclic) bond motifs is 1. The molecular weight excluding hydrogens is 442 g/mol. The highest BCUT2D eigenvalue weighted by molar-refractivity contribution is 7.89. The monoisotopic (exact) mass is 469 g/mol. The van der Waals surface area contributed by atoms with E-state index in [1.165, 1.54) is 24.5 Å². The van der Waals surface area contributed by atoms with E-state index in [2.05, 4.69) is 10.6 Å². The fraction of sp³-hybridized carbons (Fsp3) is 0.333. The Balaban J connectivity index is 1.47. The normalized spacial score (nSPS) is 20.1. The van der Waals surface area contributed by atoms with Crippen molar-refractivity contribution in [3.8, 4) is 5.75 Å². The maximum atomic E-state index is 13.2. The van der Waals surface area contributed by atoms with Crippen molar-refractivity contribution in [3.05, 3.63) is 71.6 Å². The molecule has 0 saturated heterocycles. The Morgan fingerprint density at radius 1 is 1.21 bits per heavy atom. The second-order valence-electron chi connectivity index (χ2n) is 8.30. The Hall–Kier alpha value is -3.33. The lowest BCUT2D eigenvalue weighted by Crippen LogP contribution is -2.52. The molecule has 1 heterocycles. The number of nitrogens with one attached hydrogen (secondary N) is 2. The van der Waals surface area contributed by atoms with Crippen LogP contribution in [-0.2, 0) is 32.5 Å². The average molecular weight is 470 g/mol. The Morgan fingerprint density at radius 3 is 2.70 bits per heavy atom. The first-order valence-electron chi connectivity index (χ1n) is 10.8. The molecule has 2 N–H and O–H groups in total. The molecule has 174 valence electrons. The number of sulfonamides is 1. The zero-order chi connectivity index (χ0) is 23.6. The highest BCUT2D eigenvalue weighted by atomic mass is 32.2. The lowest BCUT2D eigenvalue weighted by molar-refractivity contribution is -0.129. The van der Waals surface area contributed by atoms with Gasteiger partial charge in [-0.1, -0.05) is 29.8 Å². The molecule has 0 saturated carbocycles. The largest absolute Gasteiger partial charge is 0.496 e. The van der Waals surface area contributed by atoms with Crippen LogP contribution < -0.4 is 15.4 Å². The van der Waals surface area contributed by atoms with E-state index in [1.54, 1.807) is 19.2 Å². The number of nitrogens with zero attached hydrogens (tertiary/aromatic N) is 1. The van der Waals surface area contributed by atoms with Gasteiger partial charge in [-0.05, 0) is 55.5 Å². The zero-order valence-electron chi connectivity index (χ0n) is 18.6. The maximum absolute atomic E-state index is 13.2. The molecule has 2 aromatic rings. The molecule has 33 heavy (non-hydrogen) atoms. The number of hydrogen-bond acceptors (Lipinski definition) is 5. The number of rotatable bonds is 6. The fourth-order valence-electron chi connectivity index (χ4n) is 4.32. The number of carbonyl (C=O) groups is 2. The van der Waals surface area contributed by atoms with E-state index in [0.717, 1.165) is 39.6 Å². The Bertz CT molecular complexity index is 1190. The van der Waals surface area contributed by atoms with Crippen molar-refractivity contribution in [3.63, 3.8) is 0 Å². The first kappa shape index (κ1) is 22.8. The Kier molecular flexibility index (Phi) is 6.42. The molecule has 9 heteroatoms. The Morgan fingerprint density at radius 2 is 1.97 bits per heavy atom. The van der Waals surface area contributed by atoms with Gasteiger partial charge in [-0.3, -0.25) is 13.9 Å². The first-order chi connectivity index (χ1) is 15.8. The molecule has 2 atom stereocenters. The van der Waals surface area contributed by atoms with Gasteiger partial charge in [0.25, 0.3) is 10.0 Å². The van der Waals surface area contributed by atoms with Gasteiger partial charge in [-0.2, -0.15) is 0 Å². The van der Waals surface area contributed by atoms with E-state index >= 15 is 0 Å². The van der Waals surface area contributed by atoms with Gasteiger partial charge in [-0.25, -0.2) is 8.42 Å². The van der Waals surface area contributed by atoms with Crippen LogP contribution in [0, 0.1) is 6.92 Å². The number of methoxy groups -OCH3 is 1. The van der Waals surface area contributed by atoms with Crippen LogP contribution in [0.5, 0.6) is 5.75 Å². The van der Waals surface area contributed by atoms with Crippen molar-refractivity contribution in [2.45, 2.75) is 49.6 Å². The second kappa shape index (κ2) is 9.27. The third-order valence-corrected chi connectivity index (χ3v) is 7.86. The van der Waals surface area contributed by atoms with Gasteiger partial charge in [0.2, 0.25) is 11.8 Å². The third kappa shape index (κ3) is 4.73. The molecule has 2 aromatic carbocycles. The lowest BCUT2D eigenvalue weighted by atomic mass is 9.87. The van der Waals surface area contributed by atoms with Crippen LogP contribution >= 0.6 is 0 Å². The summed E-state index contributed by atoms with van der Waals surface area (Å²) in [5.74, 6) is -0.0622. The number of ether oxygens (including phenoxy) is 1. The molecule has 1 aliphatic carbocycles. The minimum Gasteiger partial charge on any atom is -0.496 e. The summed E-state index contributed by atoms with van der Waals surface area (Å²) >= 11 is 0. The molecule has 8 nitrogen and oxygen atoms in total. The zero-order valence-corrected chi connectivity index (χ0v) is 19.4. The van der Waals surface area contributed by atoms with E-state index < -0.39 is 22.0 Å². The summed E-state index contributed by atoms with van der Waals surface area (Å²) < 4.78 is 32.7. The lowest BCUT2D eigenvalue weighted by Gasteiger charge is -2.32. The molecule has 0 spiro atoms. The van der Waals surface area contributed by atoms with Crippen molar-refractivity contribution in [1.82, 2.24) is 14.9 Å². The summed E-state index contributed by atoms with van der Waals surface area (Å²) in [6.45, 7) is 1.86. The van der Waals surface area contributed by atoms with Gasteiger partial charge < -0.3 is 15.4 Å². The molecule has 1 unspecified atom stereocenters. The number of aryl methyl sites for hydroxylation is 1. The summed E-state index contributed by atoms with van der Waals surface area (Å²) in [7, 11) is -2.35. The molecule has 0 fully saturated rings. The standard InChI is InChI=1S/C24H27N3O5S/c1-16-6-9-19(10-7-16)33(30,31)27-13-12-25-24(29)21(27)15-23(28)26-18-8-11-20-17(14-18)4-3-5-22(20)32-2/h3-7,9-10,12-13,18,21H,8,11,14-15H2,1-2H3,(H,25,29)(H,26,28)/t18-,21?/m1/s1. The molecule has 2 amide bonds. The molecule has 0 aromatic heterocycles. The second-order valence-corrected chi connectivity index (χ2v) is 10.1. The predicted octanol–water partition coefficient (Wildman–Crippen LogP) is 2.03. The van der Waals surface area contributed by atoms with Crippen LogP contribution in [0.4, 0.5) is 0 Å². The number of benzene rings is 2. The number of carbonyl (C=O) groups excluding carboxylic acids is 2. The SMILES string of the molecule is COc1cccc2c1CC[C@@H](NC(=O)CC1C(=O)NC=CN1S(=O)(=O)c1ccc(C)cc1)C2. The summed E-state index contributed by atoms with van der Waals surface area (Å²) in [5.41, 5.74) is 3.19. The van der Waals surface area contributed by atoms with Crippen LogP contribution in [0.15, 0.2) is 59.8 Å². The highest BCUT2D eigenvalue weighted by Gasteiger charge is 2.37. The maximum Gasteiger partial charge on any atom is 0.264 e. The van der Waals surface area contributed by atoms with Crippen LogP contribution in [0.1, 0.15) is 29.5 Å². The van der Waals surface area contributed by atoms with E-state index in [-0.39, 0.29) is 23.3 Å². The minimum atomic E-state index is -4.00. The van der Waals surface area contributed by atoms with Crippen molar-refractivity contribution in [1.29, 1.82) is 0 Å². The molecule has 1 aliphatic heterocycles. The fourth-order valence-corrected chi connectivity index (χ4v) is 5.77. The van der Waals surface area contributed by atoms with Crippen molar-refractivity contribution in [2.75, 3.05) is 7.11 Å². The summed E-state index contributed by atoms with van der Waals surface area (Å²) in [6.07, 6.45) is 4.45. The third-order valence-electron chi connectivity index (χ3n) is 6.06. The minimum absolute atomic E-state index is 0.0655. The van der Waals surface area contributed by atoms with E-state index in [9.17, 15) is 18.0 Å². The summed E-state index contributed by atoms with van der Waals surface area (Å²) in [6, 6.07) is 11.0. The van der Waals surface area contributed by atoms with Crippen LogP contribution in [0.25, 0.3) is 0 Å². The van der Waals surface area contributed by atoms with Crippen LogP contribution in [0.3, 0.4) is 0 Å². The molecular formula is C24H27N3O5S. The predicted molar refractivity (Wildman–Crippen MR) is 123 cm³/mol. The van der Waals surface area contributed by atoms with Gasteiger partial charge >= 0.3 is 0 Å². The van der Waals surface area contributed by atoms with E-state index in [0.29, 0.717) is 6.42 Å². The van der Waals surface area contributed by atoms with Gasteiger partial charge in [0, 0.05) is 18.4 Å². The molecule has 0 radical (unpaired) electrons. The van der Waals surface area contributed by atoms with Gasteiger partial charge in [-0.15, -0.1) is 0 Å². The summed E-state index contributed by atoms with van der Waals surface area (Å²) in [4.78, 5) is 25.5. The van der Waals surface area contributed by atoms with Gasteiger partial charge in [0.05, 0.1) is 18.4 Å². The van der Waals surface area contributed by atoms with Crippen molar-refractivity contribution >= 4 is 21.8 Å². The number of hydrogen-bond donors (Lipinski definition) is 2. The molecule has 0 bridgehead atoms. The molecule has 4 rings (SSSR count). The number of amides is 2. The van der Waals surface area contributed by atoms with E-state index in [4.69, 9.17) is 4.74 Å². The smallest absolute Gasteiger partial charge is 0.264 e. The van der Waals surface area contributed by atoms with Crippen molar-refractivity contribution in [2.24, 2.45) is 0 Å². The summed E-state index contributed by atoms with van der Waals surface area (Å²) in [5, 5.41) is 5.49. The van der Waals surface area contributed by atoms with Crippen molar-refractivity contribution < 1.29 is 22.7 Å². The van der Waals surface area contributed by atoms with Crippen LogP contribution in [-0.4, -0.2) is 43.7 Å². The topological polar surface area (TPSA) is 105 Å². The first-order valence-corrected chi connectivity index (χ1v) is 12.2. The van der Waals surface area contributed by atoms with Gasteiger partial charge in [0.1, 0.15) is 11.8 Å². The molecule has 2 aliphatic rings. The van der Waals surface area contributed by atoms with E-state index in [1.807, 2.05) is 25.1 Å². The quantitative estimate of drug-likeness (QED) is 0.674. The van der Waals surface area contributed by atoms with Gasteiger partial charge in [0.15, 0.2) is 0 Å². The Labute approximate surface area is 193 Å². The van der Waals surface area contributed by atoms with Crippen LogP contribution in [0.2, 0.25) is 0 Å². The highest BCUT2D eigenvalue weighted by Crippen LogP contribution is 2.30.